The van der Waals surface area contributed by atoms with Crippen LogP contribution in [-0.4, -0.2) is 8.07 Å². The third-order valence-electron chi connectivity index (χ3n) is 11.5. The quantitative estimate of drug-likeness (QED) is 0.173. The van der Waals surface area contributed by atoms with Gasteiger partial charge in [-0.2, -0.15) is 0 Å². The van der Waals surface area contributed by atoms with Gasteiger partial charge in [0.15, 0.2) is 0 Å². The van der Waals surface area contributed by atoms with Crippen LogP contribution in [0.5, 0.6) is 0 Å². The summed E-state index contributed by atoms with van der Waals surface area (Å²) in [4.78, 5) is 2.38. The number of hydrogen-bond donors (Lipinski definition) is 0. The molecule has 8 aromatic carbocycles. The number of furan rings is 2. The first-order chi connectivity index (χ1) is 25.5. The van der Waals surface area contributed by atoms with Crippen molar-refractivity contribution in [2.75, 3.05) is 4.90 Å². The molecule has 0 amide bonds. The maximum absolute atomic E-state index is 6.61. The van der Waals surface area contributed by atoms with Gasteiger partial charge in [0.1, 0.15) is 0 Å². The van der Waals surface area contributed by atoms with E-state index in [1.165, 1.54) is 54.2 Å². The van der Waals surface area contributed by atoms with Crippen LogP contribution in [0.4, 0.5) is 17.1 Å². The zero-order valence-electron chi connectivity index (χ0n) is 28.9. The van der Waals surface area contributed by atoms with Gasteiger partial charge in [0, 0.05) is 0 Å². The maximum atomic E-state index is 6.61. The summed E-state index contributed by atoms with van der Waals surface area (Å²) in [5.74, 6) is 0. The van der Waals surface area contributed by atoms with Crippen molar-refractivity contribution in [3.63, 3.8) is 0 Å². The fraction of sp³-hybridized carbons (Fsp3) is 0.0417. The summed E-state index contributed by atoms with van der Waals surface area (Å²) in [5, 5.41) is 10.0. The molecule has 0 saturated carbocycles. The zero-order chi connectivity index (χ0) is 34.6. The number of rotatable bonds is 4. The van der Waals surface area contributed by atoms with Crippen LogP contribution in [0.3, 0.4) is 0 Å². The molecule has 0 saturated heterocycles. The Labute approximate surface area is 302 Å². The van der Waals surface area contributed by atoms with Gasteiger partial charge in [0.05, 0.1) is 0 Å². The predicted molar refractivity (Wildman–Crippen MR) is 222 cm³/mol. The molecule has 0 unspecified atom stereocenters. The number of para-hydroxylation sites is 2. The topological polar surface area (TPSA) is 29.5 Å². The van der Waals surface area contributed by atoms with Gasteiger partial charge in [-0.3, -0.25) is 0 Å². The van der Waals surface area contributed by atoms with Crippen molar-refractivity contribution in [1.29, 1.82) is 0 Å². The van der Waals surface area contributed by atoms with E-state index in [9.17, 15) is 0 Å². The first-order valence-corrected chi connectivity index (χ1v) is 21.6. The van der Waals surface area contributed by atoms with Crippen LogP contribution in [0.15, 0.2) is 173 Å². The molecule has 52 heavy (non-hydrogen) atoms. The summed E-state index contributed by atoms with van der Waals surface area (Å²) < 4.78 is 13.0. The second-order valence-corrected chi connectivity index (χ2v) is 19.8. The summed E-state index contributed by atoms with van der Waals surface area (Å²) >= 11 is 0. The second kappa shape index (κ2) is 10.8. The molecule has 3 nitrogen and oxygen atoms in total. The average Bonchev–Trinajstić information content (AvgIpc) is 3.82. The Balaban J connectivity index is 1.09. The molecule has 0 atom stereocenters. The van der Waals surface area contributed by atoms with Gasteiger partial charge in [-0.1, -0.05) is 6.07 Å². The van der Waals surface area contributed by atoms with E-state index < -0.39 is 8.07 Å². The molecule has 3 heterocycles. The second-order valence-electron chi connectivity index (χ2n) is 14.8. The first-order valence-electron chi connectivity index (χ1n) is 18.2. The van der Waals surface area contributed by atoms with Gasteiger partial charge in [0.2, 0.25) is 0 Å². The van der Waals surface area contributed by atoms with Crippen molar-refractivity contribution in [1.82, 2.24) is 0 Å². The minimum atomic E-state index is -2.45. The summed E-state index contributed by atoms with van der Waals surface area (Å²) in [7, 11) is -2.45. The standard InChI is InChI=1S/C48H34NO2Si/c1-52(2)45-27-26-40-38-14-6-8-17-43(38)51-48(40)47(45)41-25-23-34(29-46(41)52)49(33-22-24-39-37-13-5-7-16-42(37)50-44(39)28-33)32-20-18-31(19-21-32)36-15-9-11-30-10-3-4-12-35(30)36/h3-29,52H,1-2H3/q-1. The van der Waals surface area contributed by atoms with Crippen LogP contribution in [0.25, 0.3) is 76.9 Å². The first kappa shape index (κ1) is 29.4. The molecule has 1 aliphatic heterocycles. The van der Waals surface area contributed by atoms with Gasteiger partial charge in [-0.15, -0.1) is 0 Å². The van der Waals surface area contributed by atoms with Crippen LogP contribution >= 0.6 is 0 Å². The molecule has 11 rings (SSSR count). The Kier molecular flexibility index (Phi) is 6.11. The molecular weight excluding hydrogens is 651 g/mol. The van der Waals surface area contributed by atoms with Crippen LogP contribution in [0, 0.1) is 0 Å². The molecule has 10 aromatic rings. The summed E-state index contributed by atoms with van der Waals surface area (Å²) in [5.41, 5.74) is 12.0. The third kappa shape index (κ3) is 4.19. The normalized spacial score (nSPS) is 14.0. The number of fused-ring (bicyclic) bond motifs is 11. The molecule has 248 valence electrons. The molecule has 0 radical (unpaired) electrons. The van der Waals surface area contributed by atoms with E-state index in [1.54, 1.807) is 0 Å². The van der Waals surface area contributed by atoms with Crippen molar-refractivity contribution in [3.05, 3.63) is 164 Å². The van der Waals surface area contributed by atoms with Gasteiger partial charge >= 0.3 is 297 Å². The fourth-order valence-electron chi connectivity index (χ4n) is 8.93. The summed E-state index contributed by atoms with van der Waals surface area (Å²) in [6.45, 7) is 5.00. The van der Waals surface area contributed by atoms with Crippen molar-refractivity contribution < 1.29 is 8.83 Å². The fourth-order valence-corrected chi connectivity index (χ4v) is 12.5. The molecule has 0 fully saturated rings. The Morgan fingerprint density at radius 2 is 1.04 bits per heavy atom. The summed E-state index contributed by atoms with van der Waals surface area (Å²) in [6, 6.07) is 59.2. The average molecular weight is 685 g/mol. The van der Waals surface area contributed by atoms with Crippen molar-refractivity contribution in [3.8, 4) is 22.3 Å². The van der Waals surface area contributed by atoms with E-state index >= 15 is 0 Å². The molecule has 4 heteroatoms. The van der Waals surface area contributed by atoms with Crippen LogP contribution < -0.4 is 15.3 Å². The molecule has 0 bridgehead atoms. The Morgan fingerprint density at radius 1 is 0.423 bits per heavy atom. The molecule has 0 aliphatic carbocycles. The van der Waals surface area contributed by atoms with E-state index in [4.69, 9.17) is 8.83 Å². The van der Waals surface area contributed by atoms with E-state index in [0.717, 1.165) is 50.2 Å². The zero-order valence-corrected chi connectivity index (χ0v) is 30.1. The molecule has 2 aromatic heterocycles. The van der Waals surface area contributed by atoms with Gasteiger partial charge in [-0.05, 0) is 0 Å². The van der Waals surface area contributed by atoms with E-state index in [1.807, 2.05) is 12.1 Å². The van der Waals surface area contributed by atoms with Gasteiger partial charge in [-0.25, -0.2) is 0 Å². The number of hydrogen-bond acceptors (Lipinski definition) is 3. The predicted octanol–water partition coefficient (Wildman–Crippen LogP) is 12.3. The number of benzene rings is 8. The minimum absolute atomic E-state index is 0.883. The van der Waals surface area contributed by atoms with Crippen LogP contribution in [-0.2, 0) is 0 Å². The number of anilines is 3. The van der Waals surface area contributed by atoms with Gasteiger partial charge in [0.25, 0.3) is 0 Å². The molecular formula is C48H34NO2Si-. The SMILES string of the molecule is C[SiH-]1(C)c2cc(N(c3ccc(-c4cccc5ccccc45)cc3)c3ccc4c(c3)oc3ccccc34)ccc2-c2c1ccc1c2oc2ccccc21. The van der Waals surface area contributed by atoms with Crippen LogP contribution in [0.2, 0.25) is 13.1 Å². The Morgan fingerprint density at radius 3 is 1.87 bits per heavy atom. The van der Waals surface area contributed by atoms with E-state index in [0.29, 0.717) is 0 Å². The van der Waals surface area contributed by atoms with Crippen molar-refractivity contribution in [2.45, 2.75) is 13.1 Å². The van der Waals surface area contributed by atoms with E-state index in [2.05, 4.69) is 170 Å². The monoisotopic (exact) mass is 684 g/mol. The molecule has 1 aliphatic rings. The summed E-state index contributed by atoms with van der Waals surface area (Å²) in [6.07, 6.45) is 0. The molecule has 0 spiro atoms. The Bertz CT molecular complexity index is 3050. The van der Waals surface area contributed by atoms with Crippen LogP contribution in [0.1, 0.15) is 0 Å². The van der Waals surface area contributed by atoms with Crippen molar-refractivity contribution in [2.24, 2.45) is 0 Å². The number of nitrogens with zero attached hydrogens (tertiary/aromatic N) is 1. The van der Waals surface area contributed by atoms with E-state index in [-0.39, 0.29) is 0 Å². The Hall–Kier alpha value is -6.36. The van der Waals surface area contributed by atoms with Gasteiger partial charge < -0.3 is 0 Å². The third-order valence-corrected chi connectivity index (χ3v) is 15.6. The molecule has 0 N–H and O–H groups in total. The van der Waals surface area contributed by atoms with Crippen molar-refractivity contribution >= 4 is 90.2 Å².